The topological polar surface area (TPSA) is 26.0 Å². The summed E-state index contributed by atoms with van der Waals surface area (Å²) in [5, 5.41) is 0. The summed E-state index contributed by atoms with van der Waals surface area (Å²) < 4.78 is 38.9. The van der Waals surface area contributed by atoms with Crippen LogP contribution in [0.2, 0.25) is 0 Å². The van der Waals surface area contributed by atoms with Crippen LogP contribution in [0.5, 0.6) is 0 Å². The van der Waals surface area contributed by atoms with Crippen LogP contribution >= 0.6 is 12.4 Å². The number of benzene rings is 1. The quantitative estimate of drug-likeness (QED) is 0.802. The molecule has 0 saturated heterocycles. The standard InChI is InChI=1S/C11H12F3N.ClH/c12-8-5-10(14)9(13)4-7(8)11(15)6-2-1-3-6;/h4-6,11H,1-3,15H2;1H/t11-;/m1./s1. The Morgan fingerprint density at radius 2 is 1.62 bits per heavy atom. The predicted octanol–water partition coefficient (Wildman–Crippen LogP) is 3.33. The van der Waals surface area contributed by atoms with Gasteiger partial charge in [0.2, 0.25) is 0 Å². The second-order valence-electron chi connectivity index (χ2n) is 4.00. The lowest BCUT2D eigenvalue weighted by Gasteiger charge is -2.31. The highest BCUT2D eigenvalue weighted by Gasteiger charge is 2.28. The second-order valence-corrected chi connectivity index (χ2v) is 4.00. The van der Waals surface area contributed by atoms with Gasteiger partial charge in [-0.2, -0.15) is 0 Å². The summed E-state index contributed by atoms with van der Waals surface area (Å²) in [5.74, 6) is -2.77. The second kappa shape index (κ2) is 5.06. The Morgan fingerprint density at radius 3 is 2.12 bits per heavy atom. The molecule has 0 unspecified atom stereocenters. The third kappa shape index (κ3) is 2.33. The van der Waals surface area contributed by atoms with Crippen LogP contribution in [0.3, 0.4) is 0 Å². The van der Waals surface area contributed by atoms with Crippen LogP contribution in [0.1, 0.15) is 30.9 Å². The van der Waals surface area contributed by atoms with E-state index in [0.29, 0.717) is 6.07 Å². The normalized spacial score (nSPS) is 17.5. The lowest BCUT2D eigenvalue weighted by atomic mass is 9.77. The van der Waals surface area contributed by atoms with E-state index >= 15 is 0 Å². The van der Waals surface area contributed by atoms with Crippen molar-refractivity contribution in [3.63, 3.8) is 0 Å². The van der Waals surface area contributed by atoms with Crippen LogP contribution in [-0.2, 0) is 0 Å². The monoisotopic (exact) mass is 251 g/mol. The summed E-state index contributed by atoms with van der Waals surface area (Å²) in [4.78, 5) is 0. The molecular weight excluding hydrogens is 239 g/mol. The lowest BCUT2D eigenvalue weighted by molar-refractivity contribution is 0.259. The van der Waals surface area contributed by atoms with Crippen molar-refractivity contribution >= 4 is 12.4 Å². The Labute approximate surface area is 98.2 Å². The fraction of sp³-hybridized carbons (Fsp3) is 0.455. The van der Waals surface area contributed by atoms with E-state index in [0.717, 1.165) is 25.3 Å². The van der Waals surface area contributed by atoms with Crippen molar-refractivity contribution in [3.8, 4) is 0 Å². The SMILES string of the molecule is Cl.N[C@@H](c1cc(F)c(F)cc1F)C1CCC1. The van der Waals surface area contributed by atoms with E-state index in [1.807, 2.05) is 0 Å². The molecule has 0 bridgehead atoms. The smallest absolute Gasteiger partial charge is 0.161 e. The average molecular weight is 252 g/mol. The maximum absolute atomic E-state index is 13.3. The molecule has 1 aliphatic rings. The van der Waals surface area contributed by atoms with Crippen molar-refractivity contribution in [3.05, 3.63) is 35.1 Å². The van der Waals surface area contributed by atoms with Crippen LogP contribution < -0.4 is 5.73 Å². The van der Waals surface area contributed by atoms with Gasteiger partial charge in [-0.25, -0.2) is 13.2 Å². The van der Waals surface area contributed by atoms with Gasteiger partial charge < -0.3 is 5.73 Å². The minimum absolute atomic E-state index is 0. The van der Waals surface area contributed by atoms with E-state index in [9.17, 15) is 13.2 Å². The third-order valence-corrected chi connectivity index (χ3v) is 3.06. The minimum atomic E-state index is -1.17. The average Bonchev–Trinajstić information content (AvgIpc) is 2.08. The van der Waals surface area contributed by atoms with Gasteiger partial charge in [0.1, 0.15) is 5.82 Å². The first-order chi connectivity index (χ1) is 7.09. The molecule has 90 valence electrons. The van der Waals surface area contributed by atoms with Gasteiger partial charge in [0.05, 0.1) is 0 Å². The molecule has 2 N–H and O–H groups in total. The predicted molar refractivity (Wildman–Crippen MR) is 57.8 cm³/mol. The Kier molecular flexibility index (Phi) is 4.21. The number of hydrogen-bond acceptors (Lipinski definition) is 1. The van der Waals surface area contributed by atoms with E-state index in [4.69, 9.17) is 5.73 Å². The number of nitrogens with two attached hydrogens (primary N) is 1. The van der Waals surface area contributed by atoms with Crippen molar-refractivity contribution < 1.29 is 13.2 Å². The van der Waals surface area contributed by atoms with E-state index < -0.39 is 23.5 Å². The summed E-state index contributed by atoms with van der Waals surface area (Å²) in [6, 6.07) is 0.908. The van der Waals surface area contributed by atoms with Crippen molar-refractivity contribution in [1.82, 2.24) is 0 Å². The Bertz CT molecular complexity index is 380. The van der Waals surface area contributed by atoms with Crippen molar-refractivity contribution in [2.24, 2.45) is 11.7 Å². The Balaban J connectivity index is 0.00000128. The van der Waals surface area contributed by atoms with Gasteiger partial charge in [0.25, 0.3) is 0 Å². The van der Waals surface area contributed by atoms with E-state index in [1.54, 1.807) is 0 Å². The highest BCUT2D eigenvalue weighted by atomic mass is 35.5. The Morgan fingerprint density at radius 1 is 1.06 bits per heavy atom. The van der Waals surface area contributed by atoms with Gasteiger partial charge in [0.15, 0.2) is 11.6 Å². The van der Waals surface area contributed by atoms with Crippen LogP contribution in [0, 0.1) is 23.4 Å². The molecule has 0 amide bonds. The zero-order valence-corrected chi connectivity index (χ0v) is 9.37. The summed E-state index contributed by atoms with van der Waals surface area (Å²) in [7, 11) is 0. The Hall–Kier alpha value is -0.740. The molecule has 1 saturated carbocycles. The lowest BCUT2D eigenvalue weighted by Crippen LogP contribution is -2.27. The number of halogens is 4. The number of hydrogen-bond donors (Lipinski definition) is 1. The van der Waals surface area contributed by atoms with Gasteiger partial charge in [-0.05, 0) is 24.8 Å². The first-order valence-corrected chi connectivity index (χ1v) is 4.99. The molecule has 0 aliphatic heterocycles. The van der Waals surface area contributed by atoms with E-state index in [2.05, 4.69) is 0 Å². The fourth-order valence-corrected chi connectivity index (χ4v) is 1.85. The summed E-state index contributed by atoms with van der Waals surface area (Å²) in [6.07, 6.45) is 2.93. The molecule has 2 rings (SSSR count). The van der Waals surface area contributed by atoms with Crippen molar-refractivity contribution in [1.29, 1.82) is 0 Å². The molecular formula is C11H13ClF3N. The first kappa shape index (κ1) is 13.3. The summed E-state index contributed by atoms with van der Waals surface area (Å²) >= 11 is 0. The number of rotatable bonds is 2. The van der Waals surface area contributed by atoms with Gasteiger partial charge in [-0.3, -0.25) is 0 Å². The molecule has 1 aromatic rings. The molecule has 1 fully saturated rings. The van der Waals surface area contributed by atoms with Crippen LogP contribution in [0.25, 0.3) is 0 Å². The zero-order valence-electron chi connectivity index (χ0n) is 8.55. The largest absolute Gasteiger partial charge is 0.324 e. The maximum atomic E-state index is 13.3. The molecule has 0 spiro atoms. The molecule has 5 heteroatoms. The van der Waals surface area contributed by atoms with Crippen LogP contribution in [0.15, 0.2) is 12.1 Å². The van der Waals surface area contributed by atoms with E-state index in [1.165, 1.54) is 0 Å². The van der Waals surface area contributed by atoms with Crippen LogP contribution in [0.4, 0.5) is 13.2 Å². The summed E-state index contributed by atoms with van der Waals surface area (Å²) in [5.41, 5.74) is 5.87. The van der Waals surface area contributed by atoms with Crippen molar-refractivity contribution in [2.45, 2.75) is 25.3 Å². The molecule has 0 aromatic heterocycles. The molecule has 1 aromatic carbocycles. The molecule has 1 nitrogen and oxygen atoms in total. The van der Waals surface area contributed by atoms with Gasteiger partial charge in [-0.15, -0.1) is 12.4 Å². The van der Waals surface area contributed by atoms with E-state index in [-0.39, 0.29) is 23.9 Å². The summed E-state index contributed by atoms with van der Waals surface area (Å²) in [6.45, 7) is 0. The molecule has 1 atom stereocenters. The zero-order chi connectivity index (χ0) is 11.0. The highest BCUT2D eigenvalue weighted by molar-refractivity contribution is 5.85. The van der Waals surface area contributed by atoms with Gasteiger partial charge >= 0.3 is 0 Å². The molecule has 0 radical (unpaired) electrons. The minimum Gasteiger partial charge on any atom is -0.324 e. The van der Waals surface area contributed by atoms with Crippen molar-refractivity contribution in [2.75, 3.05) is 0 Å². The first-order valence-electron chi connectivity index (χ1n) is 4.99. The highest BCUT2D eigenvalue weighted by Crippen LogP contribution is 2.37. The van der Waals surface area contributed by atoms with Crippen LogP contribution in [-0.4, -0.2) is 0 Å². The van der Waals surface area contributed by atoms with Gasteiger partial charge in [0, 0.05) is 17.7 Å². The van der Waals surface area contributed by atoms with Gasteiger partial charge in [-0.1, -0.05) is 6.42 Å². The maximum Gasteiger partial charge on any atom is 0.161 e. The molecule has 1 aliphatic carbocycles. The molecule has 0 heterocycles. The third-order valence-electron chi connectivity index (χ3n) is 3.06. The molecule has 16 heavy (non-hydrogen) atoms. The fourth-order valence-electron chi connectivity index (χ4n) is 1.85.